The largest absolute Gasteiger partial charge is 0.346 e. The summed E-state index contributed by atoms with van der Waals surface area (Å²) in [7, 11) is 1.91. The Bertz CT molecular complexity index is 1660. The first-order chi connectivity index (χ1) is 17.8. The van der Waals surface area contributed by atoms with Crippen molar-refractivity contribution in [2.75, 3.05) is 0 Å². The number of benzene rings is 1. The van der Waals surface area contributed by atoms with Gasteiger partial charge in [0.1, 0.15) is 11.6 Å². The van der Waals surface area contributed by atoms with E-state index in [4.69, 9.17) is 11.6 Å². The minimum absolute atomic E-state index is 0.0175. The lowest BCUT2D eigenvalue weighted by Gasteiger charge is -2.27. The van der Waals surface area contributed by atoms with Gasteiger partial charge in [-0.1, -0.05) is 17.7 Å². The number of nitrogens with zero attached hydrogens (tertiary/aromatic N) is 4. The molecule has 1 atom stereocenters. The van der Waals surface area contributed by atoms with E-state index in [9.17, 15) is 9.59 Å². The summed E-state index contributed by atoms with van der Waals surface area (Å²) in [6.45, 7) is 0. The molecule has 5 heterocycles. The Morgan fingerprint density at radius 1 is 1.22 bits per heavy atom. The van der Waals surface area contributed by atoms with Crippen LogP contribution < -0.4 is 10.9 Å². The summed E-state index contributed by atoms with van der Waals surface area (Å²) < 4.78 is 19.1. The molecule has 37 heavy (non-hydrogen) atoms. The van der Waals surface area contributed by atoms with Crippen molar-refractivity contribution in [2.45, 2.75) is 50.1 Å². The van der Waals surface area contributed by atoms with Crippen LogP contribution in [0.3, 0.4) is 0 Å². The average Bonchev–Trinajstić information content (AvgIpc) is 3.20. The van der Waals surface area contributed by atoms with E-state index in [-0.39, 0.29) is 33.6 Å². The van der Waals surface area contributed by atoms with Gasteiger partial charge in [-0.3, -0.25) is 9.59 Å². The van der Waals surface area contributed by atoms with Gasteiger partial charge in [0, 0.05) is 47.9 Å². The quantitative estimate of drug-likeness (QED) is 0.428. The topological polar surface area (TPSA) is 97.6 Å². The molecule has 2 N–H and O–H groups in total. The van der Waals surface area contributed by atoms with Crippen LogP contribution in [0.4, 0.5) is 4.39 Å². The molecule has 3 aromatic heterocycles. The van der Waals surface area contributed by atoms with Crippen molar-refractivity contribution < 1.29 is 9.18 Å². The number of pyridine rings is 1. The van der Waals surface area contributed by atoms with Crippen molar-refractivity contribution in [3.63, 3.8) is 0 Å². The van der Waals surface area contributed by atoms with Crippen LogP contribution in [0.25, 0.3) is 22.5 Å². The first-order valence-corrected chi connectivity index (χ1v) is 12.8. The molecular weight excluding hydrogens is 495 g/mol. The van der Waals surface area contributed by atoms with Gasteiger partial charge in [-0.25, -0.2) is 14.4 Å². The maximum absolute atomic E-state index is 15.5. The zero-order chi connectivity index (χ0) is 25.5. The number of aromatic amines is 1. The number of fused-ring (bicyclic) bond motifs is 5. The number of aromatic nitrogens is 5. The molecule has 1 aliphatic carbocycles. The predicted octanol–water partition coefficient (Wildman–Crippen LogP) is 3.98. The van der Waals surface area contributed by atoms with E-state index in [1.807, 2.05) is 17.7 Å². The molecule has 1 aromatic carbocycles. The van der Waals surface area contributed by atoms with Gasteiger partial charge >= 0.3 is 0 Å². The number of hydrogen-bond acceptors (Lipinski definition) is 4. The van der Waals surface area contributed by atoms with E-state index in [0.717, 1.165) is 35.6 Å². The van der Waals surface area contributed by atoms with E-state index in [2.05, 4.69) is 20.3 Å². The van der Waals surface area contributed by atoms with Crippen LogP contribution in [0.5, 0.6) is 0 Å². The van der Waals surface area contributed by atoms with Crippen LogP contribution >= 0.6 is 11.6 Å². The molecule has 188 valence electrons. The van der Waals surface area contributed by atoms with E-state index >= 15 is 4.39 Å². The van der Waals surface area contributed by atoms with Gasteiger partial charge in [0.2, 0.25) is 0 Å². The number of carbonyl (C=O) groups is 1. The Balaban J connectivity index is 1.33. The monoisotopic (exact) mass is 518 g/mol. The van der Waals surface area contributed by atoms with Crippen molar-refractivity contribution in [1.29, 1.82) is 0 Å². The summed E-state index contributed by atoms with van der Waals surface area (Å²) >= 11 is 6.17. The Hall–Kier alpha value is -3.72. The summed E-state index contributed by atoms with van der Waals surface area (Å²) in [6, 6.07) is 4.60. The van der Waals surface area contributed by atoms with Crippen molar-refractivity contribution >= 4 is 17.5 Å². The maximum atomic E-state index is 15.5. The van der Waals surface area contributed by atoms with Crippen LogP contribution in [0.2, 0.25) is 5.02 Å². The summed E-state index contributed by atoms with van der Waals surface area (Å²) in [5.41, 5.74) is 3.53. The summed E-state index contributed by atoms with van der Waals surface area (Å²) in [4.78, 5) is 39.1. The number of rotatable bonds is 3. The van der Waals surface area contributed by atoms with Gasteiger partial charge in [-0.15, -0.1) is 0 Å². The number of carbonyl (C=O) groups excluding carboxylic acids is 1. The summed E-state index contributed by atoms with van der Waals surface area (Å²) in [6.07, 6.45) is 9.16. The number of aryl methyl sites for hydroxylation is 1. The molecule has 2 aliphatic heterocycles. The molecule has 1 spiro atoms. The highest BCUT2D eigenvalue weighted by molar-refractivity contribution is 6.31. The normalized spacial score (nSPS) is 19.1. The number of H-pyrrole nitrogens is 1. The van der Waals surface area contributed by atoms with Gasteiger partial charge in [0.15, 0.2) is 0 Å². The number of hydrogen-bond donors (Lipinski definition) is 2. The van der Waals surface area contributed by atoms with Crippen LogP contribution in [0.15, 0.2) is 41.7 Å². The number of halogens is 2. The molecular formula is C27H24ClFN6O2. The van der Waals surface area contributed by atoms with Gasteiger partial charge in [-0.05, 0) is 43.7 Å². The van der Waals surface area contributed by atoms with Crippen molar-refractivity contribution in [1.82, 2.24) is 29.4 Å². The van der Waals surface area contributed by atoms with Gasteiger partial charge < -0.3 is 19.4 Å². The van der Waals surface area contributed by atoms with Crippen molar-refractivity contribution in [2.24, 2.45) is 7.05 Å². The maximum Gasteiger partial charge on any atom is 0.254 e. The van der Waals surface area contributed by atoms with Crippen LogP contribution in [-0.4, -0.2) is 35.5 Å². The molecule has 7 rings (SSSR count). The van der Waals surface area contributed by atoms with Crippen LogP contribution in [0.1, 0.15) is 52.7 Å². The lowest BCUT2D eigenvalue weighted by molar-refractivity contribution is 0.0929. The first kappa shape index (κ1) is 22.5. The predicted molar refractivity (Wildman–Crippen MR) is 136 cm³/mol. The molecule has 1 saturated carbocycles. The van der Waals surface area contributed by atoms with Crippen molar-refractivity contribution in [3.8, 4) is 22.5 Å². The molecule has 0 radical (unpaired) electrons. The fourth-order valence-corrected chi connectivity index (χ4v) is 6.18. The fraction of sp³-hybridized carbons (Fsp3) is 0.333. The molecule has 8 nitrogen and oxygen atoms in total. The molecule has 4 aromatic rings. The third-order valence-corrected chi connectivity index (χ3v) is 8.31. The number of amides is 1. The molecule has 1 amide bonds. The third kappa shape index (κ3) is 3.48. The zero-order valence-corrected chi connectivity index (χ0v) is 20.9. The fourth-order valence-electron chi connectivity index (χ4n) is 6.03. The van der Waals surface area contributed by atoms with E-state index in [1.54, 1.807) is 29.4 Å². The van der Waals surface area contributed by atoms with Gasteiger partial charge in [0.25, 0.3) is 11.5 Å². The highest BCUT2D eigenvalue weighted by atomic mass is 35.5. The molecule has 1 fully saturated rings. The Labute approximate surface area is 216 Å². The molecule has 3 aliphatic rings. The molecule has 0 unspecified atom stereocenters. The first-order valence-electron chi connectivity index (χ1n) is 12.4. The van der Waals surface area contributed by atoms with Gasteiger partial charge in [0.05, 0.1) is 40.7 Å². The third-order valence-electron chi connectivity index (χ3n) is 8.02. The van der Waals surface area contributed by atoms with E-state index in [1.165, 1.54) is 6.07 Å². The Morgan fingerprint density at radius 2 is 2.05 bits per heavy atom. The zero-order valence-electron chi connectivity index (χ0n) is 20.1. The Kier molecular flexibility index (Phi) is 4.79. The van der Waals surface area contributed by atoms with E-state index < -0.39 is 5.82 Å². The lowest BCUT2D eigenvalue weighted by Crippen LogP contribution is -2.41. The second kappa shape index (κ2) is 7.89. The smallest absolute Gasteiger partial charge is 0.254 e. The second-order valence-electron chi connectivity index (χ2n) is 10.4. The molecule has 0 saturated heterocycles. The van der Waals surface area contributed by atoms with Crippen LogP contribution in [-0.2, 0) is 26.3 Å². The van der Waals surface area contributed by atoms with E-state index in [0.29, 0.717) is 42.5 Å². The van der Waals surface area contributed by atoms with Gasteiger partial charge in [-0.2, -0.15) is 0 Å². The highest BCUT2D eigenvalue weighted by Crippen LogP contribution is 2.45. The number of nitrogens with one attached hydrogen (secondary N) is 2. The minimum atomic E-state index is -0.580. The molecule has 0 bridgehead atoms. The van der Waals surface area contributed by atoms with Crippen LogP contribution in [0, 0.1) is 5.82 Å². The highest BCUT2D eigenvalue weighted by Gasteiger charge is 2.47. The molecule has 10 heteroatoms. The Morgan fingerprint density at radius 3 is 2.81 bits per heavy atom. The lowest BCUT2D eigenvalue weighted by atomic mass is 9.88. The SMILES string of the molecule is Cn1cncc1-c1cnc(C[C@@H]2CCc3c4c(cc(=O)n32)-c2c(ccc(Cl)c2F)CC2(CC2)NC4=O)[nH]1. The standard InChI is InChI=1S/C27H24ClFN6O2/c1-34-13-30-12-20(34)18-11-31-21(32-18)8-15-3-5-19-24-16(9-22(36)35(15)19)23-14(2-4-17(28)25(23)29)10-27(6-7-27)33-26(24)37/h2,4,9,11-13,15H,3,5-8,10H2,1H3,(H,31,32)(H,33,37)/t15-/m0/s1. The van der Waals surface area contributed by atoms with Crippen molar-refractivity contribution in [3.05, 3.63) is 80.8 Å². The number of imidazole rings is 2. The summed E-state index contributed by atoms with van der Waals surface area (Å²) in [5.74, 6) is -0.0845. The average molecular weight is 519 g/mol. The second-order valence-corrected chi connectivity index (χ2v) is 10.8. The summed E-state index contributed by atoms with van der Waals surface area (Å²) in [5, 5.41) is 3.18. The minimum Gasteiger partial charge on any atom is -0.346 e.